The minimum absolute atomic E-state index is 0.208. The number of rotatable bonds is 4. The molecule has 4 atom stereocenters. The van der Waals surface area contributed by atoms with Crippen molar-refractivity contribution in [3.8, 4) is 0 Å². The molecule has 4 unspecified atom stereocenters. The van der Waals surface area contributed by atoms with E-state index >= 15 is 0 Å². The fraction of sp³-hybridized carbons (Fsp3) is 0.750. The summed E-state index contributed by atoms with van der Waals surface area (Å²) >= 11 is 0. The number of methoxy groups -OCH3 is 4. The Morgan fingerprint density at radius 1 is 0.500 bits per heavy atom. The Labute approximate surface area is 140 Å². The molecule has 0 aromatic heterocycles. The first kappa shape index (κ1) is 19.9. The van der Waals surface area contributed by atoms with E-state index in [1.165, 1.54) is 28.4 Å². The van der Waals surface area contributed by atoms with Crippen LogP contribution in [0, 0.1) is 23.7 Å². The van der Waals surface area contributed by atoms with E-state index in [9.17, 15) is 19.2 Å². The average molecular weight is 344 g/mol. The molecule has 0 aromatic carbocycles. The third-order valence-electron chi connectivity index (χ3n) is 4.56. The van der Waals surface area contributed by atoms with Crippen LogP contribution in [-0.4, -0.2) is 52.3 Å². The third kappa shape index (κ3) is 4.46. The van der Waals surface area contributed by atoms with Crippen molar-refractivity contribution in [1.82, 2.24) is 0 Å². The van der Waals surface area contributed by atoms with Gasteiger partial charge in [-0.1, -0.05) is 0 Å². The number of ether oxygens (including phenoxy) is 4. The standard InChI is InChI=1S/C16H24O8/c1-21-13(17)9-5-6-11(15(19)23-3)12(16(20)24-4)8-7-10(9)14(18)22-2/h9-12H,5-8H2,1-4H3. The molecule has 0 aromatic rings. The van der Waals surface area contributed by atoms with Gasteiger partial charge < -0.3 is 18.9 Å². The molecule has 0 spiro atoms. The molecule has 0 radical (unpaired) electrons. The fourth-order valence-electron chi connectivity index (χ4n) is 3.26. The van der Waals surface area contributed by atoms with Crippen molar-refractivity contribution in [2.24, 2.45) is 23.7 Å². The van der Waals surface area contributed by atoms with Crippen LogP contribution in [0.4, 0.5) is 0 Å². The molecule has 1 aliphatic rings. The highest BCUT2D eigenvalue weighted by Crippen LogP contribution is 2.36. The van der Waals surface area contributed by atoms with Gasteiger partial charge in [-0.25, -0.2) is 0 Å². The predicted molar refractivity (Wildman–Crippen MR) is 80.5 cm³/mol. The maximum atomic E-state index is 12.0. The molecule has 0 N–H and O–H groups in total. The fourth-order valence-corrected chi connectivity index (χ4v) is 3.26. The summed E-state index contributed by atoms with van der Waals surface area (Å²) in [7, 11) is 4.96. The second-order valence-corrected chi connectivity index (χ2v) is 5.67. The normalized spacial score (nSPS) is 27.2. The summed E-state index contributed by atoms with van der Waals surface area (Å²) in [5.41, 5.74) is 0. The summed E-state index contributed by atoms with van der Waals surface area (Å²) in [6, 6.07) is 0. The van der Waals surface area contributed by atoms with Gasteiger partial charge in [-0.15, -0.1) is 0 Å². The summed E-state index contributed by atoms with van der Waals surface area (Å²) in [6.45, 7) is 0. The summed E-state index contributed by atoms with van der Waals surface area (Å²) in [6.07, 6.45) is 0.832. The first-order chi connectivity index (χ1) is 11.4. The second kappa shape index (κ2) is 9.24. The van der Waals surface area contributed by atoms with Gasteiger partial charge in [0.25, 0.3) is 0 Å². The molecule has 0 bridgehead atoms. The van der Waals surface area contributed by atoms with Crippen LogP contribution in [0.3, 0.4) is 0 Å². The van der Waals surface area contributed by atoms with Crippen molar-refractivity contribution in [3.63, 3.8) is 0 Å². The lowest BCUT2D eigenvalue weighted by molar-refractivity contribution is -0.164. The highest BCUT2D eigenvalue weighted by Gasteiger charge is 2.43. The topological polar surface area (TPSA) is 105 Å². The average Bonchev–Trinajstić information content (AvgIpc) is 2.59. The van der Waals surface area contributed by atoms with Crippen molar-refractivity contribution in [3.05, 3.63) is 0 Å². The van der Waals surface area contributed by atoms with Gasteiger partial charge >= 0.3 is 23.9 Å². The van der Waals surface area contributed by atoms with Crippen molar-refractivity contribution in [1.29, 1.82) is 0 Å². The van der Waals surface area contributed by atoms with Gasteiger partial charge in [-0.05, 0) is 25.7 Å². The van der Waals surface area contributed by atoms with Gasteiger partial charge in [-0.2, -0.15) is 0 Å². The zero-order chi connectivity index (χ0) is 18.3. The quantitative estimate of drug-likeness (QED) is 0.542. The highest BCUT2D eigenvalue weighted by atomic mass is 16.5. The molecule has 1 rings (SSSR count). The maximum Gasteiger partial charge on any atom is 0.309 e. The molecule has 0 amide bonds. The number of hydrogen-bond acceptors (Lipinski definition) is 8. The summed E-state index contributed by atoms with van der Waals surface area (Å²) in [5, 5.41) is 0. The van der Waals surface area contributed by atoms with Gasteiger partial charge in [0.15, 0.2) is 0 Å². The van der Waals surface area contributed by atoms with Gasteiger partial charge in [0.05, 0.1) is 52.1 Å². The van der Waals surface area contributed by atoms with Crippen LogP contribution in [0.15, 0.2) is 0 Å². The van der Waals surface area contributed by atoms with Crippen molar-refractivity contribution >= 4 is 23.9 Å². The van der Waals surface area contributed by atoms with E-state index in [1.54, 1.807) is 0 Å². The summed E-state index contributed by atoms with van der Waals surface area (Å²) < 4.78 is 19.1. The Morgan fingerprint density at radius 3 is 0.792 bits per heavy atom. The molecule has 136 valence electrons. The van der Waals surface area contributed by atoms with E-state index < -0.39 is 47.5 Å². The molecule has 8 heteroatoms. The molecule has 1 aliphatic carbocycles. The molecule has 0 aliphatic heterocycles. The molecule has 1 saturated carbocycles. The van der Waals surface area contributed by atoms with Gasteiger partial charge in [0.1, 0.15) is 0 Å². The molecule has 0 saturated heterocycles. The zero-order valence-electron chi connectivity index (χ0n) is 14.4. The van der Waals surface area contributed by atoms with Crippen LogP contribution >= 0.6 is 0 Å². The number of carbonyl (C=O) groups excluding carboxylic acids is 4. The monoisotopic (exact) mass is 344 g/mol. The summed E-state index contributed by atoms with van der Waals surface area (Å²) in [5.74, 6) is -5.06. The van der Waals surface area contributed by atoms with Crippen LogP contribution in [-0.2, 0) is 38.1 Å². The van der Waals surface area contributed by atoms with E-state index in [2.05, 4.69) is 0 Å². The third-order valence-corrected chi connectivity index (χ3v) is 4.56. The Morgan fingerprint density at radius 2 is 0.667 bits per heavy atom. The largest absolute Gasteiger partial charge is 0.469 e. The second-order valence-electron chi connectivity index (χ2n) is 5.67. The lowest BCUT2D eigenvalue weighted by atomic mass is 9.74. The van der Waals surface area contributed by atoms with Crippen LogP contribution in [0.2, 0.25) is 0 Å². The number of carbonyl (C=O) groups is 4. The lowest BCUT2D eigenvalue weighted by Crippen LogP contribution is -2.39. The Balaban J connectivity index is 3.12. The van der Waals surface area contributed by atoms with Crippen molar-refractivity contribution in [2.45, 2.75) is 25.7 Å². The van der Waals surface area contributed by atoms with E-state index in [4.69, 9.17) is 18.9 Å². The van der Waals surface area contributed by atoms with Crippen LogP contribution in [0.25, 0.3) is 0 Å². The minimum Gasteiger partial charge on any atom is -0.469 e. The molecule has 24 heavy (non-hydrogen) atoms. The lowest BCUT2D eigenvalue weighted by Gasteiger charge is -2.31. The highest BCUT2D eigenvalue weighted by molar-refractivity contribution is 5.84. The van der Waals surface area contributed by atoms with E-state index in [-0.39, 0.29) is 25.7 Å². The van der Waals surface area contributed by atoms with E-state index in [0.717, 1.165) is 0 Å². The van der Waals surface area contributed by atoms with Gasteiger partial charge in [0.2, 0.25) is 0 Å². The molecule has 1 fully saturated rings. The Kier molecular flexibility index (Phi) is 7.67. The number of hydrogen-bond donors (Lipinski definition) is 0. The molecular weight excluding hydrogens is 320 g/mol. The Bertz CT molecular complexity index is 398. The first-order valence-electron chi connectivity index (χ1n) is 7.72. The first-order valence-corrected chi connectivity index (χ1v) is 7.72. The minimum atomic E-state index is -0.729. The molecule has 8 nitrogen and oxygen atoms in total. The van der Waals surface area contributed by atoms with Crippen LogP contribution < -0.4 is 0 Å². The van der Waals surface area contributed by atoms with Crippen LogP contribution in [0.5, 0.6) is 0 Å². The maximum absolute atomic E-state index is 12.0. The van der Waals surface area contributed by atoms with Gasteiger partial charge in [-0.3, -0.25) is 19.2 Å². The zero-order valence-corrected chi connectivity index (χ0v) is 14.4. The van der Waals surface area contributed by atoms with Gasteiger partial charge in [0, 0.05) is 0 Å². The predicted octanol–water partition coefficient (Wildman–Crippen LogP) is 0.717. The van der Waals surface area contributed by atoms with E-state index in [1.807, 2.05) is 0 Å². The smallest absolute Gasteiger partial charge is 0.309 e. The number of esters is 4. The molecular formula is C16H24O8. The van der Waals surface area contributed by atoms with Crippen molar-refractivity contribution in [2.75, 3.05) is 28.4 Å². The van der Waals surface area contributed by atoms with E-state index in [0.29, 0.717) is 0 Å². The Hall–Kier alpha value is -2.12. The van der Waals surface area contributed by atoms with Crippen LogP contribution in [0.1, 0.15) is 25.7 Å². The van der Waals surface area contributed by atoms with Crippen molar-refractivity contribution < 1.29 is 38.1 Å². The SMILES string of the molecule is COC(=O)C1CCC(C(=O)OC)C(C(=O)OC)CCC1C(=O)OC. The summed E-state index contributed by atoms with van der Waals surface area (Å²) in [4.78, 5) is 48.2. The molecule has 0 heterocycles.